The Kier molecular flexibility index (Phi) is 13.9. The van der Waals surface area contributed by atoms with Gasteiger partial charge in [0, 0.05) is 72.7 Å². The molecule has 55 heavy (non-hydrogen) atoms. The zero-order valence-corrected chi connectivity index (χ0v) is 32.5. The fraction of sp³-hybridized carbons (Fsp3) is 0.341. The first-order valence-corrected chi connectivity index (χ1v) is 19.8. The predicted molar refractivity (Wildman–Crippen MR) is 217 cm³/mol. The first kappa shape index (κ1) is 39.9. The molecule has 0 spiro atoms. The molecule has 2 aromatic carbocycles. The molecule has 12 nitrogen and oxygen atoms in total. The Morgan fingerprint density at radius 3 is 2.47 bits per heavy atom. The summed E-state index contributed by atoms with van der Waals surface area (Å²) in [5.41, 5.74) is 16.9. The summed E-state index contributed by atoms with van der Waals surface area (Å²) in [4.78, 5) is 57.6. The van der Waals surface area contributed by atoms with E-state index >= 15 is 0 Å². The van der Waals surface area contributed by atoms with Crippen molar-refractivity contribution >= 4 is 52.0 Å². The molecule has 5 aromatic rings. The molecule has 0 fully saturated rings. The number of aromatic amines is 1. The molecule has 8 N–H and O–H groups in total. The number of amides is 3. The van der Waals surface area contributed by atoms with Crippen LogP contribution < -0.4 is 27.4 Å². The smallest absolute Gasteiger partial charge is 0.245 e. The molecule has 288 valence electrons. The Labute approximate surface area is 330 Å². The fourth-order valence-corrected chi connectivity index (χ4v) is 8.21. The molecule has 4 heterocycles. The zero-order valence-electron chi connectivity index (χ0n) is 30.9. The number of halogens is 1. The maximum atomic E-state index is 14.5. The zero-order chi connectivity index (χ0) is 38.7. The number of fused-ring (bicyclic) bond motifs is 3. The number of nitrogens with two attached hydrogens (primary N) is 2. The van der Waals surface area contributed by atoms with Crippen LogP contribution in [0.3, 0.4) is 0 Å². The van der Waals surface area contributed by atoms with Gasteiger partial charge in [0.1, 0.15) is 17.1 Å². The minimum absolute atomic E-state index is 0.125. The first-order chi connectivity index (χ1) is 26.8. The molecule has 3 aromatic heterocycles. The minimum atomic E-state index is -0.919. The van der Waals surface area contributed by atoms with E-state index in [0.717, 1.165) is 43.6 Å². The average Bonchev–Trinajstić information content (AvgIpc) is 3.62. The van der Waals surface area contributed by atoms with E-state index in [2.05, 4.69) is 25.9 Å². The minimum Gasteiger partial charge on any atom is -0.361 e. The third-order valence-electron chi connectivity index (χ3n) is 9.94. The van der Waals surface area contributed by atoms with E-state index in [1.165, 1.54) is 16.7 Å². The maximum absolute atomic E-state index is 14.5. The number of benzene rings is 2. The van der Waals surface area contributed by atoms with Crippen LogP contribution in [0, 0.1) is 0 Å². The van der Waals surface area contributed by atoms with Crippen molar-refractivity contribution < 1.29 is 14.4 Å². The van der Waals surface area contributed by atoms with Crippen molar-refractivity contribution in [3.8, 4) is 11.1 Å². The highest BCUT2D eigenvalue weighted by Crippen LogP contribution is 2.39. The van der Waals surface area contributed by atoms with E-state index in [-0.39, 0.29) is 30.7 Å². The number of carbonyl (C=O) groups excluding carboxylic acids is 3. The van der Waals surface area contributed by atoms with E-state index in [9.17, 15) is 14.4 Å². The van der Waals surface area contributed by atoms with Gasteiger partial charge in [-0.1, -0.05) is 53.7 Å². The van der Waals surface area contributed by atoms with E-state index in [0.29, 0.717) is 61.8 Å². The lowest BCUT2D eigenvalue weighted by molar-refractivity contribution is -0.142. The van der Waals surface area contributed by atoms with Gasteiger partial charge in [0.25, 0.3) is 0 Å². The highest BCUT2D eigenvalue weighted by atomic mass is 35.5. The number of likely N-dealkylation sites (N-methyl/N-ethyl adjacent to an activating group) is 1. The number of carbonyl (C=O) groups is 3. The van der Waals surface area contributed by atoms with Gasteiger partial charge in [-0.05, 0) is 97.8 Å². The number of hydrogen-bond donors (Lipinski definition) is 6. The van der Waals surface area contributed by atoms with Crippen molar-refractivity contribution in [2.24, 2.45) is 11.5 Å². The van der Waals surface area contributed by atoms with Crippen molar-refractivity contribution in [2.45, 2.75) is 79.7 Å². The van der Waals surface area contributed by atoms with Gasteiger partial charge in [-0.2, -0.15) is 0 Å². The molecule has 0 bridgehead atoms. The van der Waals surface area contributed by atoms with Crippen LogP contribution in [0.5, 0.6) is 0 Å². The molecular formula is C41H48ClN9O3S. The maximum Gasteiger partial charge on any atom is 0.245 e. The second-order valence-corrected chi connectivity index (χ2v) is 15.1. The summed E-state index contributed by atoms with van der Waals surface area (Å²) in [6, 6.07) is 16.9. The second-order valence-electron chi connectivity index (χ2n) is 13.7. The quantitative estimate of drug-likeness (QED) is 0.107. The highest BCUT2D eigenvalue weighted by Gasteiger charge is 2.34. The summed E-state index contributed by atoms with van der Waals surface area (Å²) in [5, 5.41) is 11.8. The molecule has 0 unspecified atom stereocenters. The van der Waals surface area contributed by atoms with E-state index < -0.39 is 18.1 Å². The summed E-state index contributed by atoms with van der Waals surface area (Å²) in [6.07, 6.45) is 10.0. The van der Waals surface area contributed by atoms with Crippen LogP contribution in [-0.4, -0.2) is 75.8 Å². The summed E-state index contributed by atoms with van der Waals surface area (Å²) < 4.78 is 0. The predicted octanol–water partition coefficient (Wildman–Crippen LogP) is 4.94. The van der Waals surface area contributed by atoms with Crippen molar-refractivity contribution in [1.29, 1.82) is 0 Å². The molecular weight excluding hydrogens is 734 g/mol. The largest absolute Gasteiger partial charge is 0.361 e. The Bertz CT molecular complexity index is 2100. The Morgan fingerprint density at radius 2 is 1.67 bits per heavy atom. The van der Waals surface area contributed by atoms with Gasteiger partial charge in [-0.3, -0.25) is 19.4 Å². The van der Waals surface area contributed by atoms with E-state index in [1.807, 2.05) is 66.9 Å². The van der Waals surface area contributed by atoms with Crippen LogP contribution in [0.25, 0.3) is 22.0 Å². The molecule has 3 amide bonds. The fourth-order valence-electron chi connectivity index (χ4n) is 6.86. The number of H-pyrrole nitrogens is 1. The van der Waals surface area contributed by atoms with Crippen LogP contribution >= 0.6 is 23.4 Å². The number of para-hydroxylation sites is 1. The van der Waals surface area contributed by atoms with Crippen LogP contribution in [0.4, 0.5) is 0 Å². The van der Waals surface area contributed by atoms with Gasteiger partial charge in [-0.15, -0.1) is 0 Å². The van der Waals surface area contributed by atoms with Crippen LogP contribution in [0.1, 0.15) is 48.8 Å². The lowest BCUT2D eigenvalue weighted by atomic mass is 10.0. The highest BCUT2D eigenvalue weighted by molar-refractivity contribution is 7.99. The Balaban J connectivity index is 1.44. The van der Waals surface area contributed by atoms with Gasteiger partial charge in [0.2, 0.25) is 17.7 Å². The number of hydrogen-bond acceptors (Lipinski definition) is 9. The standard InChI is InChI=1S/C41H48ClN9O3S/c1-51-36(21-29-24-47-33-12-3-2-11-31(29)33)39(53)49-25-30-19-28(26-9-7-17-45-22-26)20-32(42)37(30)55-40-27(10-8-18-46-40)23-48-34(14-6-16-44)38(52)50-35(41(51)54)13-4-5-15-43/h2-3,7-12,17-20,22,24,34-36,47-48H,4-6,13-16,21,23,25,43-44H2,1H3,(H,49,53)(H,50,52)/t34-,35-,36-/m0/s1. The van der Waals surface area contributed by atoms with Gasteiger partial charge >= 0.3 is 0 Å². The normalized spacial score (nSPS) is 18.7. The monoisotopic (exact) mass is 781 g/mol. The molecule has 0 saturated carbocycles. The third-order valence-corrected chi connectivity index (χ3v) is 11.6. The van der Waals surface area contributed by atoms with Crippen molar-refractivity contribution in [2.75, 3.05) is 20.1 Å². The molecule has 1 aliphatic heterocycles. The number of unbranched alkanes of at least 4 members (excludes halogenated alkanes) is 1. The van der Waals surface area contributed by atoms with Gasteiger partial charge in [-0.25, -0.2) is 4.98 Å². The molecule has 3 atom stereocenters. The third kappa shape index (κ3) is 9.91. The molecule has 0 radical (unpaired) electrons. The van der Waals surface area contributed by atoms with Crippen LogP contribution in [0.15, 0.2) is 95.4 Å². The number of nitrogens with one attached hydrogen (secondary N) is 4. The number of pyridine rings is 2. The van der Waals surface area contributed by atoms with E-state index in [4.69, 9.17) is 28.1 Å². The van der Waals surface area contributed by atoms with Crippen LogP contribution in [-0.2, 0) is 33.9 Å². The lowest BCUT2D eigenvalue weighted by Gasteiger charge is -2.32. The Hall–Kier alpha value is -4.79. The lowest BCUT2D eigenvalue weighted by Crippen LogP contribution is -2.57. The SMILES string of the molecule is CN1C(=O)[C@H](CCCCN)NC(=O)[C@H](CCCN)NCc2cccnc2Sc2c(Cl)cc(-c3cccnc3)cc2CNC(=O)[C@@H]1Cc1c[nH]c2ccccc12. The molecule has 0 aliphatic carbocycles. The molecule has 0 saturated heterocycles. The topological polar surface area (TPSA) is 184 Å². The summed E-state index contributed by atoms with van der Waals surface area (Å²) in [7, 11) is 1.63. The van der Waals surface area contributed by atoms with Gasteiger partial charge < -0.3 is 37.3 Å². The number of aromatic nitrogens is 3. The Morgan fingerprint density at radius 1 is 0.873 bits per heavy atom. The number of nitrogens with zero attached hydrogens (tertiary/aromatic N) is 3. The number of rotatable bonds is 10. The summed E-state index contributed by atoms with van der Waals surface area (Å²) in [6.45, 7) is 1.31. The van der Waals surface area contributed by atoms with Gasteiger partial charge in [0.15, 0.2) is 0 Å². The van der Waals surface area contributed by atoms with Crippen molar-refractivity contribution in [1.82, 2.24) is 35.8 Å². The molecule has 6 rings (SSSR count). The molecule has 1 aliphatic rings. The first-order valence-electron chi connectivity index (χ1n) is 18.6. The molecule has 14 heteroatoms. The van der Waals surface area contributed by atoms with Gasteiger partial charge in [0.05, 0.1) is 11.1 Å². The van der Waals surface area contributed by atoms with Crippen molar-refractivity contribution in [3.63, 3.8) is 0 Å². The van der Waals surface area contributed by atoms with E-state index in [1.54, 1.807) is 25.6 Å². The van der Waals surface area contributed by atoms with Crippen LogP contribution in [0.2, 0.25) is 5.02 Å². The second kappa shape index (κ2) is 19.2. The van der Waals surface area contributed by atoms with Crippen molar-refractivity contribution in [3.05, 3.63) is 107 Å². The summed E-state index contributed by atoms with van der Waals surface area (Å²) >= 11 is 8.48. The average molecular weight is 782 g/mol. The summed E-state index contributed by atoms with van der Waals surface area (Å²) in [5.74, 6) is -1.03.